The zero-order valence-electron chi connectivity index (χ0n) is 14.0. The number of hydrogen-bond acceptors (Lipinski definition) is 4. The molecule has 1 N–H and O–H groups in total. The number of carbonyl (C=O) groups is 2. The summed E-state index contributed by atoms with van der Waals surface area (Å²) in [6.07, 6.45) is 0.725. The van der Waals surface area contributed by atoms with Gasteiger partial charge in [-0.25, -0.2) is 0 Å². The summed E-state index contributed by atoms with van der Waals surface area (Å²) in [5.74, 6) is -0.0539. The van der Waals surface area contributed by atoms with Gasteiger partial charge in [0.15, 0.2) is 0 Å². The summed E-state index contributed by atoms with van der Waals surface area (Å²) in [7, 11) is 1.77. The SMILES string of the molecule is CN(CC(=O)NCCc1cccc(Cl)c1)CC(=O)N1CCOCC1. The summed E-state index contributed by atoms with van der Waals surface area (Å²) in [4.78, 5) is 27.6. The fraction of sp³-hybridized carbons (Fsp3) is 0.529. The molecule has 0 aromatic heterocycles. The largest absolute Gasteiger partial charge is 0.378 e. The van der Waals surface area contributed by atoms with E-state index in [0.29, 0.717) is 37.9 Å². The third-order valence-electron chi connectivity index (χ3n) is 3.81. The van der Waals surface area contributed by atoms with Crippen molar-refractivity contribution < 1.29 is 14.3 Å². The quantitative estimate of drug-likeness (QED) is 0.787. The number of benzene rings is 1. The van der Waals surface area contributed by atoms with Crippen LogP contribution in [0.3, 0.4) is 0 Å². The number of morpholine rings is 1. The van der Waals surface area contributed by atoms with Gasteiger partial charge in [-0.3, -0.25) is 14.5 Å². The molecule has 1 aliphatic rings. The first-order chi connectivity index (χ1) is 11.5. The smallest absolute Gasteiger partial charge is 0.236 e. The van der Waals surface area contributed by atoms with Crippen molar-refractivity contribution in [2.75, 3.05) is 53.0 Å². The molecular weight excluding hydrogens is 330 g/mol. The van der Waals surface area contributed by atoms with Crippen molar-refractivity contribution >= 4 is 23.4 Å². The Morgan fingerprint density at radius 3 is 2.75 bits per heavy atom. The molecule has 0 radical (unpaired) electrons. The van der Waals surface area contributed by atoms with Gasteiger partial charge in [0.2, 0.25) is 11.8 Å². The highest BCUT2D eigenvalue weighted by atomic mass is 35.5. The Labute approximate surface area is 147 Å². The monoisotopic (exact) mass is 353 g/mol. The van der Waals surface area contributed by atoms with Crippen LogP contribution in [-0.4, -0.2) is 74.6 Å². The van der Waals surface area contributed by atoms with Crippen molar-refractivity contribution in [3.63, 3.8) is 0 Å². The summed E-state index contributed by atoms with van der Waals surface area (Å²) in [5, 5.41) is 3.56. The molecule has 1 aromatic carbocycles. The molecule has 7 heteroatoms. The first-order valence-corrected chi connectivity index (χ1v) is 8.47. The number of nitrogens with one attached hydrogen (secondary N) is 1. The molecule has 1 aliphatic heterocycles. The Morgan fingerprint density at radius 2 is 2.04 bits per heavy atom. The second-order valence-electron chi connectivity index (χ2n) is 5.90. The van der Waals surface area contributed by atoms with Crippen LogP contribution < -0.4 is 5.32 Å². The van der Waals surface area contributed by atoms with Crippen LogP contribution in [0.5, 0.6) is 0 Å². The average molecular weight is 354 g/mol. The van der Waals surface area contributed by atoms with E-state index in [1.54, 1.807) is 16.8 Å². The molecule has 0 bridgehead atoms. The second kappa shape index (κ2) is 9.61. The minimum absolute atomic E-state index is 0.0347. The molecule has 6 nitrogen and oxygen atoms in total. The number of rotatable bonds is 7. The van der Waals surface area contributed by atoms with Crippen LogP contribution in [0.2, 0.25) is 5.02 Å². The summed E-state index contributed by atoms with van der Waals surface area (Å²) in [6.45, 7) is 3.40. The van der Waals surface area contributed by atoms with E-state index in [0.717, 1.165) is 12.0 Å². The van der Waals surface area contributed by atoms with Gasteiger partial charge in [0.1, 0.15) is 0 Å². The highest BCUT2D eigenvalue weighted by molar-refractivity contribution is 6.30. The molecule has 0 spiro atoms. The van der Waals surface area contributed by atoms with Gasteiger partial charge in [-0.1, -0.05) is 23.7 Å². The van der Waals surface area contributed by atoms with E-state index in [1.165, 1.54) is 0 Å². The number of amides is 2. The van der Waals surface area contributed by atoms with E-state index in [2.05, 4.69) is 5.32 Å². The molecule has 2 rings (SSSR count). The molecule has 132 valence electrons. The van der Waals surface area contributed by atoms with Crippen molar-refractivity contribution in [3.8, 4) is 0 Å². The Balaban J connectivity index is 1.64. The van der Waals surface area contributed by atoms with E-state index in [1.807, 2.05) is 24.3 Å². The third-order valence-corrected chi connectivity index (χ3v) is 4.04. The number of carbonyl (C=O) groups excluding carboxylic acids is 2. The van der Waals surface area contributed by atoms with E-state index in [4.69, 9.17) is 16.3 Å². The van der Waals surface area contributed by atoms with E-state index in [9.17, 15) is 9.59 Å². The van der Waals surface area contributed by atoms with Gasteiger partial charge < -0.3 is 15.0 Å². The summed E-state index contributed by atoms with van der Waals surface area (Å²) < 4.78 is 5.23. The maximum absolute atomic E-state index is 12.1. The lowest BCUT2D eigenvalue weighted by Gasteiger charge is -2.28. The maximum Gasteiger partial charge on any atom is 0.236 e. The predicted octanol–water partition coefficient (Wildman–Crippen LogP) is 0.789. The topological polar surface area (TPSA) is 61.9 Å². The number of nitrogens with zero attached hydrogens (tertiary/aromatic N) is 2. The zero-order valence-corrected chi connectivity index (χ0v) is 14.7. The van der Waals surface area contributed by atoms with Crippen LogP contribution in [0.15, 0.2) is 24.3 Å². The Kier molecular flexibility index (Phi) is 7.49. The number of ether oxygens (including phenoxy) is 1. The van der Waals surface area contributed by atoms with E-state index < -0.39 is 0 Å². The van der Waals surface area contributed by atoms with Gasteiger partial charge in [0.25, 0.3) is 0 Å². The first-order valence-electron chi connectivity index (χ1n) is 8.10. The van der Waals surface area contributed by atoms with Crippen molar-refractivity contribution in [1.29, 1.82) is 0 Å². The second-order valence-corrected chi connectivity index (χ2v) is 6.33. The minimum Gasteiger partial charge on any atom is -0.378 e. The van der Waals surface area contributed by atoms with Gasteiger partial charge in [-0.2, -0.15) is 0 Å². The number of hydrogen-bond donors (Lipinski definition) is 1. The van der Waals surface area contributed by atoms with Gasteiger partial charge in [0, 0.05) is 24.7 Å². The summed E-state index contributed by atoms with van der Waals surface area (Å²) >= 11 is 5.93. The molecule has 0 atom stereocenters. The lowest BCUT2D eigenvalue weighted by atomic mass is 10.1. The zero-order chi connectivity index (χ0) is 17.4. The number of likely N-dealkylation sites (N-methyl/N-ethyl adjacent to an activating group) is 1. The first kappa shape index (κ1) is 18.7. The van der Waals surface area contributed by atoms with Gasteiger partial charge >= 0.3 is 0 Å². The standard InChI is InChI=1S/C17H24ClN3O3/c1-20(13-17(23)21-7-9-24-10-8-21)12-16(22)19-6-5-14-3-2-4-15(18)11-14/h2-4,11H,5-10,12-13H2,1H3,(H,19,22). The summed E-state index contributed by atoms with van der Waals surface area (Å²) in [5.41, 5.74) is 1.08. The molecule has 0 aliphatic carbocycles. The highest BCUT2D eigenvalue weighted by Crippen LogP contribution is 2.10. The Hall–Kier alpha value is -1.63. The maximum atomic E-state index is 12.1. The molecule has 1 heterocycles. The minimum atomic E-state index is -0.0886. The molecule has 0 unspecified atom stereocenters. The van der Waals surface area contributed by atoms with Crippen LogP contribution in [0.1, 0.15) is 5.56 Å². The normalized spacial score (nSPS) is 14.7. The van der Waals surface area contributed by atoms with Crippen LogP contribution in [0.4, 0.5) is 0 Å². The van der Waals surface area contributed by atoms with Crippen molar-refractivity contribution in [3.05, 3.63) is 34.9 Å². The molecular formula is C17H24ClN3O3. The Bertz CT molecular complexity index is 562. The lowest BCUT2D eigenvalue weighted by Crippen LogP contribution is -2.46. The predicted molar refractivity (Wildman–Crippen MR) is 93.1 cm³/mol. The highest BCUT2D eigenvalue weighted by Gasteiger charge is 2.18. The van der Waals surface area contributed by atoms with Crippen molar-refractivity contribution in [2.24, 2.45) is 0 Å². The van der Waals surface area contributed by atoms with E-state index in [-0.39, 0.29) is 24.9 Å². The number of halogens is 1. The molecule has 0 saturated carbocycles. The fourth-order valence-electron chi connectivity index (χ4n) is 2.54. The van der Waals surface area contributed by atoms with Crippen molar-refractivity contribution in [2.45, 2.75) is 6.42 Å². The van der Waals surface area contributed by atoms with Gasteiger partial charge in [0.05, 0.1) is 26.3 Å². The van der Waals surface area contributed by atoms with Crippen LogP contribution in [-0.2, 0) is 20.7 Å². The molecule has 24 heavy (non-hydrogen) atoms. The molecule has 2 amide bonds. The molecule has 1 fully saturated rings. The van der Waals surface area contributed by atoms with Crippen LogP contribution >= 0.6 is 11.6 Å². The Morgan fingerprint density at radius 1 is 1.29 bits per heavy atom. The summed E-state index contributed by atoms with van der Waals surface area (Å²) in [6, 6.07) is 7.58. The molecule has 1 aromatic rings. The van der Waals surface area contributed by atoms with Crippen molar-refractivity contribution in [1.82, 2.24) is 15.1 Å². The lowest BCUT2D eigenvalue weighted by molar-refractivity contribution is -0.136. The van der Waals surface area contributed by atoms with E-state index >= 15 is 0 Å². The van der Waals surface area contributed by atoms with Gasteiger partial charge in [-0.15, -0.1) is 0 Å². The fourth-order valence-corrected chi connectivity index (χ4v) is 2.75. The van der Waals surface area contributed by atoms with Crippen LogP contribution in [0, 0.1) is 0 Å². The third kappa shape index (κ3) is 6.47. The molecule has 1 saturated heterocycles. The average Bonchev–Trinajstić information content (AvgIpc) is 2.55. The van der Waals surface area contributed by atoms with Crippen LogP contribution in [0.25, 0.3) is 0 Å². The van der Waals surface area contributed by atoms with Gasteiger partial charge in [-0.05, 0) is 31.2 Å².